The first kappa shape index (κ1) is 12.9. The molecule has 0 aromatic carbocycles. The molecule has 1 N–H and O–H groups in total. The van der Waals surface area contributed by atoms with Crippen molar-refractivity contribution in [2.45, 2.75) is 39.2 Å². The monoisotopic (exact) mass is 269 g/mol. The predicted octanol–water partition coefficient (Wildman–Crippen LogP) is 2.86. The van der Waals surface area contributed by atoms with E-state index in [0.29, 0.717) is 6.04 Å². The Labute approximate surface area is 111 Å². The Morgan fingerprint density at radius 1 is 1.59 bits per heavy atom. The van der Waals surface area contributed by atoms with Crippen LogP contribution < -0.4 is 5.32 Å². The maximum atomic E-state index is 4.62. The van der Waals surface area contributed by atoms with E-state index in [-0.39, 0.29) is 0 Å². The molecule has 1 aliphatic rings. The van der Waals surface area contributed by atoms with Crippen LogP contribution in [0, 0.1) is 6.92 Å². The molecule has 1 aromatic heterocycles. The van der Waals surface area contributed by atoms with Gasteiger partial charge in [0.05, 0.1) is 5.01 Å². The summed E-state index contributed by atoms with van der Waals surface area (Å²) in [6.45, 7) is 5.11. The fourth-order valence-electron chi connectivity index (χ4n) is 1.75. The average molecular weight is 269 g/mol. The molecule has 94 valence electrons. The highest BCUT2D eigenvalue weighted by Gasteiger charge is 2.15. The molecule has 2 heterocycles. The summed E-state index contributed by atoms with van der Waals surface area (Å²) >= 11 is 3.58. The smallest absolute Gasteiger partial charge is 0.156 e. The first-order chi connectivity index (χ1) is 8.28. The van der Waals surface area contributed by atoms with Crippen LogP contribution in [0.4, 0.5) is 0 Å². The van der Waals surface area contributed by atoms with Crippen molar-refractivity contribution >= 4 is 28.3 Å². The van der Waals surface area contributed by atoms with Crippen molar-refractivity contribution < 1.29 is 0 Å². The van der Waals surface area contributed by atoms with Crippen molar-refractivity contribution in [1.29, 1.82) is 0 Å². The van der Waals surface area contributed by atoms with Gasteiger partial charge in [-0.05, 0) is 19.8 Å². The summed E-state index contributed by atoms with van der Waals surface area (Å²) in [7, 11) is 0. The summed E-state index contributed by atoms with van der Waals surface area (Å²) in [6.07, 6.45) is 3.40. The van der Waals surface area contributed by atoms with Gasteiger partial charge in [0.1, 0.15) is 0 Å². The molecule has 2 rings (SSSR count). The van der Waals surface area contributed by atoms with E-state index >= 15 is 0 Å². The molecule has 0 bridgehead atoms. The van der Waals surface area contributed by atoms with Gasteiger partial charge in [0.2, 0.25) is 0 Å². The van der Waals surface area contributed by atoms with Crippen molar-refractivity contribution in [3.05, 3.63) is 16.1 Å². The van der Waals surface area contributed by atoms with Crippen LogP contribution >= 0.6 is 23.1 Å². The zero-order chi connectivity index (χ0) is 12.1. The lowest BCUT2D eigenvalue weighted by atomic mass is 10.2. The zero-order valence-electron chi connectivity index (χ0n) is 10.4. The van der Waals surface area contributed by atoms with E-state index in [2.05, 4.69) is 27.6 Å². The molecule has 5 heteroatoms. The molecule has 0 aliphatic carbocycles. The van der Waals surface area contributed by atoms with Crippen molar-refractivity contribution in [1.82, 2.24) is 10.3 Å². The predicted molar refractivity (Wildman–Crippen MR) is 77.1 cm³/mol. The quantitative estimate of drug-likeness (QED) is 0.913. The highest BCUT2D eigenvalue weighted by molar-refractivity contribution is 8.13. The van der Waals surface area contributed by atoms with Gasteiger partial charge in [-0.15, -0.1) is 11.3 Å². The Bertz CT molecular complexity index is 387. The fourth-order valence-corrected chi connectivity index (χ4v) is 3.55. The Hall–Kier alpha value is -0.550. The minimum absolute atomic E-state index is 0.622. The van der Waals surface area contributed by atoms with Gasteiger partial charge in [-0.25, -0.2) is 4.98 Å². The summed E-state index contributed by atoms with van der Waals surface area (Å²) in [5.41, 5.74) is 1.12. The summed E-state index contributed by atoms with van der Waals surface area (Å²) < 4.78 is 0. The fraction of sp³-hybridized carbons (Fsp3) is 0.667. The number of hydrogen-bond donors (Lipinski definition) is 1. The van der Waals surface area contributed by atoms with Crippen LogP contribution in [0.2, 0.25) is 0 Å². The standard InChI is InChI=1S/C12H19N3S2/c1-3-10-5-7-16-12(15-10)13-6-4-11-14-9(2)8-17-11/h8,10H,3-7H2,1-2H3,(H,13,15). The second kappa shape index (κ2) is 6.40. The molecule has 1 atom stereocenters. The largest absolute Gasteiger partial charge is 0.362 e. The Morgan fingerprint density at radius 2 is 2.47 bits per heavy atom. The lowest BCUT2D eigenvalue weighted by molar-refractivity contribution is 0.570. The van der Waals surface area contributed by atoms with Gasteiger partial charge in [0, 0.05) is 35.8 Å². The van der Waals surface area contributed by atoms with Crippen LogP contribution in [-0.4, -0.2) is 28.5 Å². The van der Waals surface area contributed by atoms with E-state index in [9.17, 15) is 0 Å². The first-order valence-electron chi connectivity index (χ1n) is 6.12. The zero-order valence-corrected chi connectivity index (χ0v) is 12.0. The molecule has 0 radical (unpaired) electrons. The number of aryl methyl sites for hydroxylation is 1. The maximum Gasteiger partial charge on any atom is 0.156 e. The van der Waals surface area contributed by atoms with E-state index in [0.717, 1.165) is 23.8 Å². The normalized spacial score (nSPS) is 22.7. The van der Waals surface area contributed by atoms with E-state index < -0.39 is 0 Å². The van der Waals surface area contributed by atoms with Gasteiger partial charge in [-0.2, -0.15) is 0 Å². The molecule has 1 aliphatic heterocycles. The summed E-state index contributed by atoms with van der Waals surface area (Å²) in [6, 6.07) is 0.622. The number of nitrogens with one attached hydrogen (secondary N) is 1. The van der Waals surface area contributed by atoms with Gasteiger partial charge in [0.15, 0.2) is 5.17 Å². The molecule has 3 nitrogen and oxygen atoms in total. The number of aliphatic imine (C=N–C) groups is 1. The lowest BCUT2D eigenvalue weighted by Crippen LogP contribution is -2.37. The first-order valence-corrected chi connectivity index (χ1v) is 7.99. The number of hydrogen-bond acceptors (Lipinski definition) is 4. The van der Waals surface area contributed by atoms with Gasteiger partial charge in [0.25, 0.3) is 0 Å². The molecule has 1 unspecified atom stereocenters. The number of rotatable bonds is 4. The van der Waals surface area contributed by atoms with Gasteiger partial charge >= 0.3 is 0 Å². The number of thiazole rings is 1. The summed E-state index contributed by atoms with van der Waals surface area (Å²) in [4.78, 5) is 9.07. The third-order valence-corrected chi connectivity index (χ3v) is 4.76. The van der Waals surface area contributed by atoms with E-state index in [1.165, 1.54) is 23.6 Å². The lowest BCUT2D eigenvalue weighted by Gasteiger charge is -2.24. The van der Waals surface area contributed by atoms with Gasteiger partial charge < -0.3 is 5.32 Å². The highest BCUT2D eigenvalue weighted by atomic mass is 32.2. The second-order valence-electron chi connectivity index (χ2n) is 4.21. The topological polar surface area (TPSA) is 37.3 Å². The van der Waals surface area contributed by atoms with Crippen molar-refractivity contribution in [3.8, 4) is 0 Å². The third-order valence-electron chi connectivity index (χ3n) is 2.77. The molecular weight excluding hydrogens is 250 g/mol. The van der Waals surface area contributed by atoms with Crippen LogP contribution in [-0.2, 0) is 6.42 Å². The Morgan fingerprint density at radius 3 is 3.18 bits per heavy atom. The molecule has 0 spiro atoms. The van der Waals surface area contributed by atoms with Crippen LogP contribution in [0.5, 0.6) is 0 Å². The molecular formula is C12H19N3S2. The molecule has 17 heavy (non-hydrogen) atoms. The van der Waals surface area contributed by atoms with Crippen LogP contribution in [0.3, 0.4) is 0 Å². The molecule has 1 aromatic rings. The highest BCUT2D eigenvalue weighted by Crippen LogP contribution is 2.16. The van der Waals surface area contributed by atoms with Crippen molar-refractivity contribution in [3.63, 3.8) is 0 Å². The minimum atomic E-state index is 0.622. The van der Waals surface area contributed by atoms with Crippen LogP contribution in [0.15, 0.2) is 10.4 Å². The van der Waals surface area contributed by atoms with E-state index in [1.807, 2.05) is 18.7 Å². The minimum Gasteiger partial charge on any atom is -0.362 e. The van der Waals surface area contributed by atoms with Crippen LogP contribution in [0.25, 0.3) is 0 Å². The van der Waals surface area contributed by atoms with E-state index in [1.54, 1.807) is 11.3 Å². The second-order valence-corrected chi connectivity index (χ2v) is 6.23. The van der Waals surface area contributed by atoms with Gasteiger partial charge in [-0.3, -0.25) is 4.99 Å². The molecule has 0 amide bonds. The number of nitrogens with zero attached hydrogens (tertiary/aromatic N) is 2. The SMILES string of the molecule is CCC1CCSC(=NCCc2nc(C)cs2)N1. The number of thioether (sulfide) groups is 1. The van der Waals surface area contributed by atoms with Crippen molar-refractivity contribution in [2.75, 3.05) is 12.3 Å². The Balaban J connectivity index is 1.80. The van der Waals surface area contributed by atoms with E-state index in [4.69, 9.17) is 0 Å². The molecule has 0 saturated carbocycles. The van der Waals surface area contributed by atoms with Crippen molar-refractivity contribution in [2.24, 2.45) is 4.99 Å². The molecule has 1 saturated heterocycles. The number of aromatic nitrogens is 1. The molecule has 1 fully saturated rings. The van der Waals surface area contributed by atoms with Gasteiger partial charge in [-0.1, -0.05) is 18.7 Å². The third kappa shape index (κ3) is 4.00. The number of amidine groups is 1. The summed E-state index contributed by atoms with van der Waals surface area (Å²) in [5, 5.41) is 7.91. The summed E-state index contributed by atoms with van der Waals surface area (Å²) in [5.74, 6) is 1.20. The Kier molecular flexibility index (Phi) is 4.86. The van der Waals surface area contributed by atoms with Crippen LogP contribution in [0.1, 0.15) is 30.5 Å². The average Bonchev–Trinajstić information content (AvgIpc) is 2.75. The maximum absolute atomic E-state index is 4.62.